The number of hydrogen-bond acceptors (Lipinski definition) is 2. The molecule has 0 spiro atoms. The molecule has 18 heavy (non-hydrogen) atoms. The molecule has 2 aliphatic rings. The Morgan fingerprint density at radius 1 is 1.06 bits per heavy atom. The second kappa shape index (κ2) is 5.50. The maximum Gasteiger partial charge on any atom is 0.407 e. The summed E-state index contributed by atoms with van der Waals surface area (Å²) in [5.41, 5.74) is -0.398. The van der Waals surface area contributed by atoms with E-state index in [0.29, 0.717) is 12.0 Å². The van der Waals surface area contributed by atoms with Crippen molar-refractivity contribution in [3.8, 4) is 0 Å². The minimum Gasteiger partial charge on any atom is -0.444 e. The molecular weight excluding hydrogens is 226 g/mol. The summed E-state index contributed by atoms with van der Waals surface area (Å²) in [6.07, 6.45) is 8.84. The molecule has 0 aromatic heterocycles. The fourth-order valence-electron chi connectivity index (χ4n) is 3.58. The molecule has 0 aromatic carbocycles. The molecule has 2 saturated carbocycles. The minimum atomic E-state index is -0.398. The first-order valence-corrected chi connectivity index (χ1v) is 7.45. The van der Waals surface area contributed by atoms with E-state index in [1.54, 1.807) is 0 Å². The van der Waals surface area contributed by atoms with Gasteiger partial charge in [0.2, 0.25) is 0 Å². The SMILES string of the molecule is CC(C)(C)OC(=O)NC1CCCC2CCCCC21. The quantitative estimate of drug-likeness (QED) is 0.770. The zero-order valence-electron chi connectivity index (χ0n) is 12.0. The Kier molecular flexibility index (Phi) is 4.18. The van der Waals surface area contributed by atoms with Gasteiger partial charge in [-0.05, 0) is 45.4 Å². The topological polar surface area (TPSA) is 38.3 Å². The summed E-state index contributed by atoms with van der Waals surface area (Å²) in [5, 5.41) is 3.11. The summed E-state index contributed by atoms with van der Waals surface area (Å²) in [4.78, 5) is 11.9. The Balaban J connectivity index is 1.89. The van der Waals surface area contributed by atoms with Gasteiger partial charge < -0.3 is 10.1 Å². The van der Waals surface area contributed by atoms with Crippen molar-refractivity contribution in [3.63, 3.8) is 0 Å². The summed E-state index contributed by atoms with van der Waals surface area (Å²) < 4.78 is 5.37. The van der Waals surface area contributed by atoms with Gasteiger partial charge in [-0.3, -0.25) is 0 Å². The summed E-state index contributed by atoms with van der Waals surface area (Å²) in [6.45, 7) is 5.74. The zero-order chi connectivity index (χ0) is 13.2. The van der Waals surface area contributed by atoms with Gasteiger partial charge in [0.15, 0.2) is 0 Å². The summed E-state index contributed by atoms with van der Waals surface area (Å²) >= 11 is 0. The van der Waals surface area contributed by atoms with Crippen LogP contribution in [0, 0.1) is 11.8 Å². The predicted molar refractivity (Wildman–Crippen MR) is 72.5 cm³/mol. The molecule has 2 rings (SSSR count). The number of fused-ring (bicyclic) bond motifs is 1. The van der Waals surface area contributed by atoms with Crippen LogP contribution in [0.15, 0.2) is 0 Å². The molecule has 3 heteroatoms. The molecular formula is C15H27NO2. The first kappa shape index (κ1) is 13.7. The first-order chi connectivity index (χ1) is 8.46. The van der Waals surface area contributed by atoms with Gasteiger partial charge >= 0.3 is 6.09 Å². The van der Waals surface area contributed by atoms with Crippen LogP contribution in [0.2, 0.25) is 0 Å². The van der Waals surface area contributed by atoms with Gasteiger partial charge in [-0.15, -0.1) is 0 Å². The second-order valence-corrected chi connectivity index (χ2v) is 6.89. The van der Waals surface area contributed by atoms with Gasteiger partial charge in [0.05, 0.1) is 0 Å². The second-order valence-electron chi connectivity index (χ2n) is 6.89. The van der Waals surface area contributed by atoms with Crippen LogP contribution in [0.25, 0.3) is 0 Å². The van der Waals surface area contributed by atoms with Crippen molar-refractivity contribution in [2.75, 3.05) is 0 Å². The summed E-state index contributed by atoms with van der Waals surface area (Å²) in [6, 6.07) is 0.346. The number of alkyl carbamates (subject to hydrolysis) is 1. The van der Waals surface area contributed by atoms with Gasteiger partial charge in [-0.2, -0.15) is 0 Å². The Bertz CT molecular complexity index is 293. The Morgan fingerprint density at radius 3 is 2.44 bits per heavy atom. The van der Waals surface area contributed by atoms with Gasteiger partial charge in [0, 0.05) is 6.04 Å². The third kappa shape index (κ3) is 3.63. The van der Waals surface area contributed by atoms with Crippen molar-refractivity contribution in [2.45, 2.75) is 77.4 Å². The van der Waals surface area contributed by atoms with Gasteiger partial charge in [-0.25, -0.2) is 4.79 Å². The van der Waals surface area contributed by atoms with Crippen LogP contribution in [0.3, 0.4) is 0 Å². The molecule has 3 unspecified atom stereocenters. The number of carbonyl (C=O) groups is 1. The van der Waals surface area contributed by atoms with Crippen LogP contribution in [0.5, 0.6) is 0 Å². The number of carbonyl (C=O) groups excluding carboxylic acids is 1. The predicted octanol–water partition coefficient (Wildman–Crippen LogP) is 3.87. The van der Waals surface area contributed by atoms with E-state index in [-0.39, 0.29) is 6.09 Å². The molecule has 0 saturated heterocycles. The van der Waals surface area contributed by atoms with Crippen LogP contribution in [-0.4, -0.2) is 17.7 Å². The van der Waals surface area contributed by atoms with Crippen LogP contribution >= 0.6 is 0 Å². The molecule has 2 fully saturated rings. The van der Waals surface area contributed by atoms with E-state index in [4.69, 9.17) is 4.74 Å². The summed E-state index contributed by atoms with van der Waals surface area (Å²) in [5.74, 6) is 1.53. The van der Waals surface area contributed by atoms with Crippen LogP contribution in [0.4, 0.5) is 4.79 Å². The van der Waals surface area contributed by atoms with Crippen LogP contribution in [-0.2, 0) is 4.74 Å². The molecule has 0 aliphatic heterocycles. The smallest absolute Gasteiger partial charge is 0.407 e. The van der Waals surface area contributed by atoms with Crippen molar-refractivity contribution in [1.29, 1.82) is 0 Å². The van der Waals surface area contributed by atoms with Crippen molar-refractivity contribution < 1.29 is 9.53 Å². The third-order valence-electron chi connectivity index (χ3n) is 4.28. The van der Waals surface area contributed by atoms with E-state index in [9.17, 15) is 4.79 Å². The zero-order valence-corrected chi connectivity index (χ0v) is 12.0. The van der Waals surface area contributed by atoms with E-state index < -0.39 is 5.60 Å². The fraction of sp³-hybridized carbons (Fsp3) is 0.933. The molecule has 1 N–H and O–H groups in total. The number of amides is 1. The molecule has 0 radical (unpaired) electrons. The molecule has 0 aromatic rings. The summed E-state index contributed by atoms with van der Waals surface area (Å²) in [7, 11) is 0. The lowest BCUT2D eigenvalue weighted by Gasteiger charge is -2.41. The van der Waals surface area contributed by atoms with Crippen molar-refractivity contribution in [3.05, 3.63) is 0 Å². The van der Waals surface area contributed by atoms with Gasteiger partial charge in [-0.1, -0.05) is 32.1 Å². The van der Waals surface area contributed by atoms with E-state index in [2.05, 4.69) is 5.32 Å². The normalized spacial score (nSPS) is 32.5. The molecule has 3 atom stereocenters. The van der Waals surface area contributed by atoms with E-state index in [1.807, 2.05) is 20.8 Å². The van der Waals surface area contributed by atoms with Crippen molar-refractivity contribution >= 4 is 6.09 Å². The molecule has 0 heterocycles. The Labute approximate surface area is 111 Å². The lowest BCUT2D eigenvalue weighted by molar-refractivity contribution is 0.0413. The number of nitrogens with one attached hydrogen (secondary N) is 1. The van der Waals surface area contributed by atoms with Crippen LogP contribution < -0.4 is 5.32 Å². The highest BCUT2D eigenvalue weighted by Crippen LogP contribution is 2.40. The first-order valence-electron chi connectivity index (χ1n) is 7.45. The fourth-order valence-corrected chi connectivity index (χ4v) is 3.58. The van der Waals surface area contributed by atoms with E-state index >= 15 is 0 Å². The molecule has 1 amide bonds. The molecule has 3 nitrogen and oxygen atoms in total. The number of ether oxygens (including phenoxy) is 1. The Morgan fingerprint density at radius 2 is 1.72 bits per heavy atom. The molecule has 104 valence electrons. The lowest BCUT2D eigenvalue weighted by Crippen LogP contribution is -2.47. The monoisotopic (exact) mass is 253 g/mol. The lowest BCUT2D eigenvalue weighted by atomic mass is 9.68. The highest BCUT2D eigenvalue weighted by atomic mass is 16.6. The Hall–Kier alpha value is -0.730. The van der Waals surface area contributed by atoms with E-state index in [0.717, 1.165) is 12.3 Å². The highest BCUT2D eigenvalue weighted by Gasteiger charge is 2.36. The average molecular weight is 253 g/mol. The largest absolute Gasteiger partial charge is 0.444 e. The van der Waals surface area contributed by atoms with Crippen molar-refractivity contribution in [1.82, 2.24) is 5.32 Å². The molecule has 2 aliphatic carbocycles. The average Bonchev–Trinajstić information content (AvgIpc) is 2.27. The van der Waals surface area contributed by atoms with Crippen molar-refractivity contribution in [2.24, 2.45) is 11.8 Å². The van der Waals surface area contributed by atoms with Gasteiger partial charge in [0.25, 0.3) is 0 Å². The molecule has 0 bridgehead atoms. The minimum absolute atomic E-state index is 0.237. The van der Waals surface area contributed by atoms with Gasteiger partial charge in [0.1, 0.15) is 5.60 Å². The number of rotatable bonds is 1. The maximum atomic E-state index is 11.9. The third-order valence-corrected chi connectivity index (χ3v) is 4.28. The van der Waals surface area contributed by atoms with Crippen LogP contribution in [0.1, 0.15) is 65.7 Å². The standard InChI is InChI=1S/C15H27NO2/c1-15(2,3)18-14(17)16-13-10-6-8-11-7-4-5-9-12(11)13/h11-13H,4-10H2,1-3H3,(H,16,17). The highest BCUT2D eigenvalue weighted by molar-refractivity contribution is 5.68. The maximum absolute atomic E-state index is 11.9. The number of hydrogen-bond donors (Lipinski definition) is 1. The van der Waals surface area contributed by atoms with E-state index in [1.165, 1.54) is 38.5 Å².